The van der Waals surface area contributed by atoms with E-state index >= 15 is 0 Å². The normalized spacial score (nSPS) is 15.1. The Morgan fingerprint density at radius 3 is 1.15 bits per heavy atom. The van der Waals surface area contributed by atoms with Crippen LogP contribution >= 0.6 is 0 Å². The summed E-state index contributed by atoms with van der Waals surface area (Å²) in [5.41, 5.74) is 0. The topological polar surface area (TPSA) is 38.3 Å². The van der Waals surface area contributed by atoms with Crippen molar-refractivity contribution < 1.29 is 66.6 Å². The van der Waals surface area contributed by atoms with Crippen LogP contribution in [-0.2, 0) is 4.74 Å². The average Bonchev–Trinajstić information content (AvgIpc) is 2.84. The molecule has 41 heavy (non-hydrogen) atoms. The van der Waals surface area contributed by atoms with Crippen molar-refractivity contribution in [3.05, 3.63) is 0 Å². The van der Waals surface area contributed by atoms with Crippen LogP contribution in [0.25, 0.3) is 0 Å². The number of amides is 1. The lowest BCUT2D eigenvalue weighted by Gasteiger charge is -2.40. The second kappa shape index (κ2) is 16.9. The second-order valence-electron chi connectivity index (χ2n) is 9.93. The molecular formula is C25H38F13NO2. The standard InChI is InChI=1S/C25H38F13NO2/c1-2-3-4-5-6-7-8-9-10-11-12-13-14-15-16-17-18-39-19(40)41-23(32,25(36,37)38)21(28,29)20(26,27)22(30,31)24(33,34)35/h2-18H2,1H3,(H,39,40). The fourth-order valence-corrected chi connectivity index (χ4v) is 3.90. The molecule has 0 aromatic carbocycles. The van der Waals surface area contributed by atoms with Gasteiger partial charge in [-0.1, -0.05) is 103 Å². The molecule has 0 aliphatic rings. The summed E-state index contributed by atoms with van der Waals surface area (Å²) in [7, 11) is 0. The van der Waals surface area contributed by atoms with Gasteiger partial charge in [0.05, 0.1) is 0 Å². The van der Waals surface area contributed by atoms with Gasteiger partial charge in [0.25, 0.3) is 0 Å². The SMILES string of the molecule is CCCCCCCCCCCCCCCCCCNC(=O)OC(F)(C(F)(F)F)C(F)(F)C(F)(F)C(F)(F)C(F)(F)F. The molecule has 1 atom stereocenters. The third-order valence-corrected chi connectivity index (χ3v) is 6.45. The van der Waals surface area contributed by atoms with Crippen LogP contribution in [0.2, 0.25) is 0 Å². The summed E-state index contributed by atoms with van der Waals surface area (Å²) >= 11 is 0. The molecule has 0 heterocycles. The number of carbonyl (C=O) groups is 1. The van der Waals surface area contributed by atoms with Gasteiger partial charge in [0, 0.05) is 6.54 Å². The lowest BCUT2D eigenvalue weighted by Crippen LogP contribution is -2.72. The molecule has 0 saturated heterocycles. The van der Waals surface area contributed by atoms with Crippen molar-refractivity contribution in [2.45, 2.75) is 146 Å². The Labute approximate surface area is 230 Å². The third-order valence-electron chi connectivity index (χ3n) is 6.45. The minimum atomic E-state index is -8.00. The highest BCUT2D eigenvalue weighted by Gasteiger charge is 2.92. The Hall–Kier alpha value is -1.64. The Balaban J connectivity index is 4.49. The maximum atomic E-state index is 14.1. The van der Waals surface area contributed by atoms with Crippen LogP contribution in [0, 0.1) is 0 Å². The van der Waals surface area contributed by atoms with Gasteiger partial charge in [0.1, 0.15) is 0 Å². The predicted octanol–water partition coefficient (Wildman–Crippen LogP) is 10.7. The molecule has 0 bridgehead atoms. The number of rotatable bonds is 21. The van der Waals surface area contributed by atoms with Crippen molar-refractivity contribution in [3.8, 4) is 0 Å². The predicted molar refractivity (Wildman–Crippen MR) is 125 cm³/mol. The van der Waals surface area contributed by atoms with E-state index in [1.165, 1.54) is 50.3 Å². The maximum Gasteiger partial charge on any atom is 0.467 e. The molecule has 0 aliphatic heterocycles. The number of unbranched alkanes of at least 4 members (excludes halogenated alkanes) is 15. The zero-order valence-corrected chi connectivity index (χ0v) is 22.8. The molecule has 0 aromatic heterocycles. The van der Waals surface area contributed by atoms with E-state index in [-0.39, 0.29) is 6.42 Å². The first-order valence-electron chi connectivity index (χ1n) is 13.6. The molecule has 246 valence electrons. The van der Waals surface area contributed by atoms with Gasteiger partial charge in [-0.15, -0.1) is 0 Å². The van der Waals surface area contributed by atoms with Crippen LogP contribution in [0.15, 0.2) is 0 Å². The van der Waals surface area contributed by atoms with Crippen molar-refractivity contribution in [2.75, 3.05) is 6.54 Å². The average molecular weight is 632 g/mol. The van der Waals surface area contributed by atoms with Gasteiger partial charge in [-0.25, -0.2) is 4.79 Å². The monoisotopic (exact) mass is 631 g/mol. The summed E-state index contributed by atoms with van der Waals surface area (Å²) in [5, 5.41) is 1.36. The smallest absolute Gasteiger partial charge is 0.398 e. The van der Waals surface area contributed by atoms with E-state index < -0.39 is 48.6 Å². The molecule has 0 aliphatic carbocycles. The Morgan fingerprint density at radius 2 is 0.829 bits per heavy atom. The van der Waals surface area contributed by atoms with E-state index in [0.717, 1.165) is 38.5 Å². The molecule has 1 N–H and O–H groups in total. The van der Waals surface area contributed by atoms with E-state index in [2.05, 4.69) is 11.7 Å². The van der Waals surface area contributed by atoms with Gasteiger partial charge >= 0.3 is 42.1 Å². The van der Waals surface area contributed by atoms with Crippen molar-refractivity contribution in [3.63, 3.8) is 0 Å². The van der Waals surface area contributed by atoms with E-state index in [1.54, 1.807) is 0 Å². The van der Waals surface area contributed by atoms with E-state index in [4.69, 9.17) is 0 Å². The van der Waals surface area contributed by atoms with Crippen LogP contribution in [0.5, 0.6) is 0 Å². The van der Waals surface area contributed by atoms with Crippen molar-refractivity contribution in [2.24, 2.45) is 0 Å². The molecule has 1 unspecified atom stereocenters. The lowest BCUT2D eigenvalue weighted by molar-refractivity contribution is -0.463. The number of alkyl halides is 13. The molecule has 0 radical (unpaired) electrons. The Bertz CT molecular complexity index is 742. The fourth-order valence-electron chi connectivity index (χ4n) is 3.90. The second-order valence-corrected chi connectivity index (χ2v) is 9.93. The van der Waals surface area contributed by atoms with Gasteiger partial charge in [-0.3, -0.25) is 0 Å². The van der Waals surface area contributed by atoms with E-state index in [0.29, 0.717) is 12.8 Å². The summed E-state index contributed by atoms with van der Waals surface area (Å²) in [5.74, 6) is -30.9. The summed E-state index contributed by atoms with van der Waals surface area (Å²) in [6, 6.07) is 0. The molecule has 16 heteroatoms. The van der Waals surface area contributed by atoms with Gasteiger partial charge in [-0.05, 0) is 6.42 Å². The summed E-state index contributed by atoms with van der Waals surface area (Å²) in [6.45, 7) is 1.56. The Morgan fingerprint density at radius 1 is 0.488 bits per heavy atom. The Kier molecular flexibility index (Phi) is 16.2. The van der Waals surface area contributed by atoms with Gasteiger partial charge < -0.3 is 10.1 Å². The molecule has 0 rings (SSSR count). The maximum absolute atomic E-state index is 14.1. The number of nitrogens with one attached hydrogen (secondary N) is 1. The van der Waals surface area contributed by atoms with Crippen LogP contribution in [0.1, 0.15) is 110 Å². The molecule has 0 spiro atoms. The highest BCUT2D eigenvalue weighted by Crippen LogP contribution is 2.60. The van der Waals surface area contributed by atoms with Crippen LogP contribution in [0.3, 0.4) is 0 Å². The summed E-state index contributed by atoms with van der Waals surface area (Å²) < 4.78 is 172. The minimum absolute atomic E-state index is 0.0113. The molecule has 0 fully saturated rings. The van der Waals surface area contributed by atoms with Crippen LogP contribution < -0.4 is 5.32 Å². The minimum Gasteiger partial charge on any atom is -0.398 e. The first-order valence-corrected chi connectivity index (χ1v) is 13.6. The largest absolute Gasteiger partial charge is 0.467 e. The molecule has 0 aromatic rings. The number of alkyl carbamates (subject to hydrolysis) is 1. The van der Waals surface area contributed by atoms with Crippen molar-refractivity contribution >= 4 is 6.09 Å². The number of hydrogen-bond acceptors (Lipinski definition) is 2. The van der Waals surface area contributed by atoms with E-state index in [9.17, 15) is 61.9 Å². The quantitative estimate of drug-likeness (QED) is 0.101. The van der Waals surface area contributed by atoms with Crippen LogP contribution in [-0.4, -0.2) is 48.6 Å². The number of carbonyl (C=O) groups excluding carboxylic acids is 1. The molecule has 1 amide bonds. The first kappa shape index (κ1) is 39.4. The third kappa shape index (κ3) is 11.2. The van der Waals surface area contributed by atoms with Gasteiger partial charge in [0.15, 0.2) is 0 Å². The molecule has 3 nitrogen and oxygen atoms in total. The summed E-state index contributed by atoms with van der Waals surface area (Å²) in [6.07, 6.45) is -1.98. The first-order chi connectivity index (χ1) is 18.7. The number of halogens is 13. The van der Waals surface area contributed by atoms with Gasteiger partial charge in [0.2, 0.25) is 0 Å². The van der Waals surface area contributed by atoms with Crippen molar-refractivity contribution in [1.82, 2.24) is 5.32 Å². The molecule has 0 saturated carbocycles. The zero-order chi connectivity index (χ0) is 32.0. The van der Waals surface area contributed by atoms with Crippen molar-refractivity contribution in [1.29, 1.82) is 0 Å². The van der Waals surface area contributed by atoms with Gasteiger partial charge in [-0.2, -0.15) is 57.1 Å². The fraction of sp³-hybridized carbons (Fsp3) is 0.960. The van der Waals surface area contributed by atoms with Crippen LogP contribution in [0.4, 0.5) is 61.9 Å². The molecular weight excluding hydrogens is 593 g/mol. The summed E-state index contributed by atoms with van der Waals surface area (Å²) in [4.78, 5) is 11.4. The zero-order valence-electron chi connectivity index (χ0n) is 22.8. The van der Waals surface area contributed by atoms with E-state index in [1.807, 2.05) is 0 Å². The highest BCUT2D eigenvalue weighted by atomic mass is 19.4. The number of hydrogen-bond donors (Lipinski definition) is 1. The number of ether oxygens (including phenoxy) is 1. The lowest BCUT2D eigenvalue weighted by atomic mass is 9.96. The highest BCUT2D eigenvalue weighted by molar-refractivity contribution is 5.67.